The lowest BCUT2D eigenvalue weighted by Crippen LogP contribution is -2.36. The summed E-state index contributed by atoms with van der Waals surface area (Å²) in [6, 6.07) is 4.46. The Kier molecular flexibility index (Phi) is 7.65. The standard InChI is InChI=1S/C16H17Cl2N3O4S/c1-24-6-5-21(8-14-20-13(9-26-14)15(22)25-2)16(23)19-10-3-4-11(17)12(18)7-10/h3-4,7,9H,5-6,8H2,1-2H3,(H,19,23). The van der Waals surface area contributed by atoms with Gasteiger partial charge in [0.25, 0.3) is 0 Å². The quantitative estimate of drug-likeness (QED) is 0.690. The van der Waals surface area contributed by atoms with Gasteiger partial charge in [0.05, 0.1) is 30.3 Å². The predicted molar refractivity (Wildman–Crippen MR) is 101 cm³/mol. The van der Waals surface area contributed by atoms with E-state index in [0.29, 0.717) is 33.9 Å². The van der Waals surface area contributed by atoms with E-state index in [2.05, 4.69) is 15.0 Å². The molecule has 140 valence electrons. The van der Waals surface area contributed by atoms with Crippen molar-refractivity contribution in [2.45, 2.75) is 6.54 Å². The van der Waals surface area contributed by atoms with Gasteiger partial charge < -0.3 is 19.7 Å². The number of amides is 2. The Morgan fingerprint density at radius 1 is 1.27 bits per heavy atom. The molecule has 1 N–H and O–H groups in total. The van der Waals surface area contributed by atoms with Crippen molar-refractivity contribution in [3.63, 3.8) is 0 Å². The summed E-state index contributed by atoms with van der Waals surface area (Å²) in [5.74, 6) is -0.517. The number of halogens is 2. The van der Waals surface area contributed by atoms with Crippen LogP contribution in [0, 0.1) is 0 Å². The maximum atomic E-state index is 12.6. The zero-order valence-electron chi connectivity index (χ0n) is 14.1. The second kappa shape index (κ2) is 9.72. The Labute approximate surface area is 164 Å². The molecule has 2 amide bonds. The predicted octanol–water partition coefficient (Wildman–Crippen LogP) is 3.92. The van der Waals surface area contributed by atoms with Crippen LogP contribution in [0.1, 0.15) is 15.5 Å². The van der Waals surface area contributed by atoms with Crippen molar-refractivity contribution in [1.82, 2.24) is 9.88 Å². The van der Waals surface area contributed by atoms with Crippen molar-refractivity contribution >= 4 is 52.2 Å². The average Bonchev–Trinajstić information content (AvgIpc) is 3.09. The summed E-state index contributed by atoms with van der Waals surface area (Å²) in [6.45, 7) is 0.916. The summed E-state index contributed by atoms with van der Waals surface area (Å²) in [4.78, 5) is 29.8. The van der Waals surface area contributed by atoms with Crippen LogP contribution in [0.3, 0.4) is 0 Å². The third-order valence-electron chi connectivity index (χ3n) is 3.30. The van der Waals surface area contributed by atoms with E-state index in [1.54, 1.807) is 30.7 Å². The van der Waals surface area contributed by atoms with E-state index in [-0.39, 0.29) is 18.3 Å². The van der Waals surface area contributed by atoms with Crippen molar-refractivity contribution in [3.8, 4) is 0 Å². The van der Waals surface area contributed by atoms with Gasteiger partial charge >= 0.3 is 12.0 Å². The molecule has 10 heteroatoms. The summed E-state index contributed by atoms with van der Waals surface area (Å²) < 4.78 is 9.69. The maximum absolute atomic E-state index is 12.6. The minimum atomic E-state index is -0.517. The first kappa shape index (κ1) is 20.4. The number of ether oxygens (including phenoxy) is 2. The fraction of sp³-hybridized carbons (Fsp3) is 0.312. The van der Waals surface area contributed by atoms with Crippen LogP contribution in [0.5, 0.6) is 0 Å². The molecule has 26 heavy (non-hydrogen) atoms. The number of rotatable bonds is 7. The van der Waals surface area contributed by atoms with E-state index in [4.69, 9.17) is 27.9 Å². The molecule has 1 aromatic carbocycles. The molecule has 1 aromatic heterocycles. The number of carbonyl (C=O) groups is 2. The Hall–Kier alpha value is -1.87. The zero-order valence-corrected chi connectivity index (χ0v) is 16.5. The van der Waals surface area contributed by atoms with Gasteiger partial charge in [-0.05, 0) is 18.2 Å². The van der Waals surface area contributed by atoms with Gasteiger partial charge in [-0.25, -0.2) is 14.6 Å². The van der Waals surface area contributed by atoms with E-state index in [1.807, 2.05) is 0 Å². The van der Waals surface area contributed by atoms with Crippen molar-refractivity contribution in [2.75, 3.05) is 32.7 Å². The molecule has 1 heterocycles. The van der Waals surface area contributed by atoms with Crippen LogP contribution in [-0.4, -0.2) is 49.3 Å². The Morgan fingerprint density at radius 3 is 2.69 bits per heavy atom. The minimum Gasteiger partial charge on any atom is -0.464 e. The molecule has 0 fully saturated rings. The molecule has 0 bridgehead atoms. The molecule has 0 saturated heterocycles. The van der Waals surface area contributed by atoms with Crippen LogP contribution < -0.4 is 5.32 Å². The molecule has 0 aliphatic carbocycles. The van der Waals surface area contributed by atoms with Crippen molar-refractivity contribution in [3.05, 3.63) is 44.3 Å². The van der Waals surface area contributed by atoms with Gasteiger partial charge in [-0.15, -0.1) is 11.3 Å². The number of esters is 1. The topological polar surface area (TPSA) is 80.8 Å². The minimum absolute atomic E-state index is 0.212. The highest BCUT2D eigenvalue weighted by Crippen LogP contribution is 2.25. The zero-order chi connectivity index (χ0) is 19.1. The second-order valence-electron chi connectivity index (χ2n) is 5.09. The molecule has 0 aliphatic rings. The Bertz CT molecular complexity index is 785. The van der Waals surface area contributed by atoms with Gasteiger partial charge in [0.1, 0.15) is 5.01 Å². The van der Waals surface area contributed by atoms with Crippen LogP contribution in [0.4, 0.5) is 10.5 Å². The first-order valence-electron chi connectivity index (χ1n) is 7.47. The number of thiazole rings is 1. The third-order valence-corrected chi connectivity index (χ3v) is 4.87. The van der Waals surface area contributed by atoms with E-state index in [1.165, 1.54) is 23.3 Å². The number of methoxy groups -OCH3 is 2. The Morgan fingerprint density at radius 2 is 2.04 bits per heavy atom. The molecular weight excluding hydrogens is 401 g/mol. The number of nitrogens with zero attached hydrogens (tertiary/aromatic N) is 2. The second-order valence-corrected chi connectivity index (χ2v) is 6.85. The largest absolute Gasteiger partial charge is 0.464 e. The molecule has 0 spiro atoms. The molecule has 0 saturated carbocycles. The molecular formula is C16H17Cl2N3O4S. The normalized spacial score (nSPS) is 10.5. The lowest BCUT2D eigenvalue weighted by atomic mass is 10.3. The third kappa shape index (κ3) is 5.57. The molecule has 7 nitrogen and oxygen atoms in total. The average molecular weight is 418 g/mol. The first-order valence-corrected chi connectivity index (χ1v) is 9.10. The molecule has 2 aromatic rings. The van der Waals surface area contributed by atoms with Gasteiger partial charge in [-0.1, -0.05) is 23.2 Å². The van der Waals surface area contributed by atoms with Gasteiger partial charge in [-0.2, -0.15) is 0 Å². The highest BCUT2D eigenvalue weighted by Gasteiger charge is 2.18. The van der Waals surface area contributed by atoms with Crippen LogP contribution in [0.25, 0.3) is 0 Å². The van der Waals surface area contributed by atoms with E-state index < -0.39 is 5.97 Å². The highest BCUT2D eigenvalue weighted by molar-refractivity contribution is 7.09. The van der Waals surface area contributed by atoms with Crippen LogP contribution in [0.15, 0.2) is 23.6 Å². The molecule has 0 radical (unpaired) electrons. The van der Waals surface area contributed by atoms with E-state index >= 15 is 0 Å². The van der Waals surface area contributed by atoms with Crippen molar-refractivity contribution in [2.24, 2.45) is 0 Å². The molecule has 0 aliphatic heterocycles. The number of benzene rings is 1. The molecule has 0 unspecified atom stereocenters. The number of carbonyl (C=O) groups excluding carboxylic acids is 2. The summed E-state index contributed by atoms with van der Waals surface area (Å²) in [5, 5.41) is 5.69. The van der Waals surface area contributed by atoms with Gasteiger partial charge in [0.2, 0.25) is 0 Å². The van der Waals surface area contributed by atoms with Gasteiger partial charge in [0, 0.05) is 24.7 Å². The fourth-order valence-electron chi connectivity index (χ4n) is 1.98. The number of urea groups is 1. The number of hydrogen-bond acceptors (Lipinski definition) is 6. The van der Waals surface area contributed by atoms with E-state index in [9.17, 15) is 9.59 Å². The van der Waals surface area contributed by atoms with Crippen LogP contribution >= 0.6 is 34.5 Å². The molecule has 0 atom stereocenters. The summed E-state index contributed by atoms with van der Waals surface area (Å²) in [6.07, 6.45) is 0. The SMILES string of the molecule is COCCN(Cc1nc(C(=O)OC)cs1)C(=O)Nc1ccc(Cl)c(Cl)c1. The number of aromatic nitrogens is 1. The smallest absolute Gasteiger partial charge is 0.357 e. The Balaban J connectivity index is 2.09. The lowest BCUT2D eigenvalue weighted by molar-refractivity contribution is 0.0594. The molecule has 2 rings (SSSR count). The summed E-state index contributed by atoms with van der Waals surface area (Å²) >= 11 is 13.1. The maximum Gasteiger partial charge on any atom is 0.357 e. The number of nitrogens with one attached hydrogen (secondary N) is 1. The first-order chi connectivity index (χ1) is 12.4. The number of anilines is 1. The van der Waals surface area contributed by atoms with Crippen molar-refractivity contribution < 1.29 is 19.1 Å². The monoisotopic (exact) mass is 417 g/mol. The lowest BCUT2D eigenvalue weighted by Gasteiger charge is -2.22. The van der Waals surface area contributed by atoms with Gasteiger partial charge in [0.15, 0.2) is 5.69 Å². The fourth-order valence-corrected chi connectivity index (χ4v) is 3.05. The summed E-state index contributed by atoms with van der Waals surface area (Å²) in [7, 11) is 2.84. The van der Waals surface area contributed by atoms with E-state index in [0.717, 1.165) is 0 Å². The van der Waals surface area contributed by atoms with Crippen LogP contribution in [0.2, 0.25) is 10.0 Å². The van der Waals surface area contributed by atoms with Crippen LogP contribution in [-0.2, 0) is 16.0 Å². The summed E-state index contributed by atoms with van der Waals surface area (Å²) in [5.41, 5.74) is 0.727. The number of hydrogen-bond donors (Lipinski definition) is 1. The highest BCUT2D eigenvalue weighted by atomic mass is 35.5. The van der Waals surface area contributed by atoms with Gasteiger partial charge in [-0.3, -0.25) is 0 Å². The van der Waals surface area contributed by atoms with Crippen molar-refractivity contribution in [1.29, 1.82) is 0 Å².